The third-order valence-electron chi connectivity index (χ3n) is 2.84. The highest BCUT2D eigenvalue weighted by atomic mass is 79.9. The van der Waals surface area contributed by atoms with Crippen LogP contribution in [0.4, 0.5) is 5.69 Å². The van der Waals surface area contributed by atoms with Crippen molar-refractivity contribution in [2.75, 3.05) is 5.32 Å². The molecule has 0 aliphatic carbocycles. The zero-order chi connectivity index (χ0) is 14.1. The molecular formula is C13H8BrCl2N3S. The van der Waals surface area contributed by atoms with E-state index >= 15 is 0 Å². The Bertz CT molecular complexity index is 775. The van der Waals surface area contributed by atoms with Crippen molar-refractivity contribution in [1.82, 2.24) is 8.75 Å². The summed E-state index contributed by atoms with van der Waals surface area (Å²) in [7, 11) is 0. The highest BCUT2D eigenvalue weighted by molar-refractivity contribution is 9.10. The first-order chi connectivity index (χ1) is 9.65. The minimum absolute atomic E-state index is 0.595. The fraction of sp³-hybridized carbons (Fsp3) is 0.0769. The van der Waals surface area contributed by atoms with Gasteiger partial charge >= 0.3 is 0 Å². The molecule has 0 fully saturated rings. The fourth-order valence-corrected chi connectivity index (χ4v) is 3.20. The quantitative estimate of drug-likeness (QED) is 0.655. The third-order valence-corrected chi connectivity index (χ3v) is 4.71. The SMILES string of the molecule is Clc1ccc(Br)c(CNc2c(Cl)ccc3nsnc23)c1. The molecule has 1 heterocycles. The second-order valence-corrected chi connectivity index (χ2v) is 6.37. The summed E-state index contributed by atoms with van der Waals surface area (Å²) >= 11 is 16.9. The molecule has 0 radical (unpaired) electrons. The van der Waals surface area contributed by atoms with Crippen LogP contribution in [0.1, 0.15) is 5.56 Å². The maximum atomic E-state index is 6.23. The van der Waals surface area contributed by atoms with Gasteiger partial charge in [0.25, 0.3) is 0 Å². The van der Waals surface area contributed by atoms with Crippen molar-refractivity contribution in [1.29, 1.82) is 0 Å². The van der Waals surface area contributed by atoms with Gasteiger partial charge in [0.2, 0.25) is 0 Å². The molecule has 0 bridgehead atoms. The predicted molar refractivity (Wildman–Crippen MR) is 88.9 cm³/mol. The summed E-state index contributed by atoms with van der Waals surface area (Å²) in [4.78, 5) is 0. The number of aromatic nitrogens is 2. The Morgan fingerprint density at radius 2 is 2.00 bits per heavy atom. The highest BCUT2D eigenvalue weighted by Crippen LogP contribution is 2.31. The molecule has 3 rings (SSSR count). The molecule has 0 saturated heterocycles. The van der Waals surface area contributed by atoms with Crippen LogP contribution in [-0.4, -0.2) is 8.75 Å². The number of hydrogen-bond acceptors (Lipinski definition) is 4. The molecule has 0 aliphatic heterocycles. The molecule has 20 heavy (non-hydrogen) atoms. The number of anilines is 1. The van der Waals surface area contributed by atoms with Crippen molar-refractivity contribution in [3.63, 3.8) is 0 Å². The van der Waals surface area contributed by atoms with Crippen molar-refractivity contribution >= 4 is 67.6 Å². The van der Waals surface area contributed by atoms with Gasteiger partial charge in [-0.15, -0.1) is 0 Å². The Morgan fingerprint density at radius 3 is 2.85 bits per heavy atom. The van der Waals surface area contributed by atoms with Crippen molar-refractivity contribution in [3.8, 4) is 0 Å². The van der Waals surface area contributed by atoms with Crippen LogP contribution in [0.5, 0.6) is 0 Å². The molecular weight excluding hydrogens is 381 g/mol. The Morgan fingerprint density at radius 1 is 1.15 bits per heavy atom. The average molecular weight is 389 g/mol. The van der Waals surface area contributed by atoms with Crippen molar-refractivity contribution < 1.29 is 0 Å². The summed E-state index contributed by atoms with van der Waals surface area (Å²) in [6, 6.07) is 9.35. The monoisotopic (exact) mass is 387 g/mol. The van der Waals surface area contributed by atoms with Gasteiger partial charge in [-0.2, -0.15) is 8.75 Å². The summed E-state index contributed by atoms with van der Waals surface area (Å²) < 4.78 is 9.48. The van der Waals surface area contributed by atoms with E-state index in [1.54, 1.807) is 0 Å². The van der Waals surface area contributed by atoms with E-state index in [1.807, 2.05) is 30.3 Å². The molecule has 0 atom stereocenters. The van der Waals surface area contributed by atoms with E-state index < -0.39 is 0 Å². The van der Waals surface area contributed by atoms with E-state index in [-0.39, 0.29) is 0 Å². The molecule has 0 unspecified atom stereocenters. The van der Waals surface area contributed by atoms with E-state index in [4.69, 9.17) is 23.2 Å². The lowest BCUT2D eigenvalue weighted by Crippen LogP contribution is -2.01. The van der Waals surface area contributed by atoms with Crippen LogP contribution in [0.15, 0.2) is 34.8 Å². The first-order valence-electron chi connectivity index (χ1n) is 5.74. The Balaban J connectivity index is 1.92. The number of rotatable bonds is 3. The van der Waals surface area contributed by atoms with Gasteiger partial charge in [-0.05, 0) is 35.9 Å². The summed E-state index contributed by atoms with van der Waals surface area (Å²) in [5.41, 5.74) is 3.48. The average Bonchev–Trinajstić information content (AvgIpc) is 2.90. The number of nitrogens with one attached hydrogen (secondary N) is 1. The van der Waals surface area contributed by atoms with Gasteiger partial charge in [0.05, 0.1) is 22.4 Å². The minimum atomic E-state index is 0.595. The molecule has 3 nitrogen and oxygen atoms in total. The molecule has 0 aliphatic rings. The zero-order valence-electron chi connectivity index (χ0n) is 10.0. The van der Waals surface area contributed by atoms with Crippen LogP contribution >= 0.6 is 50.9 Å². The van der Waals surface area contributed by atoms with Gasteiger partial charge in [0, 0.05) is 16.0 Å². The number of nitrogens with zero attached hydrogens (tertiary/aromatic N) is 2. The van der Waals surface area contributed by atoms with Crippen LogP contribution in [0, 0.1) is 0 Å². The van der Waals surface area contributed by atoms with Gasteiger partial charge in [-0.1, -0.05) is 39.1 Å². The highest BCUT2D eigenvalue weighted by Gasteiger charge is 2.10. The number of fused-ring (bicyclic) bond motifs is 1. The standard InChI is InChI=1S/C13H8BrCl2N3S/c14-9-2-1-8(15)5-7(9)6-17-12-10(16)3-4-11-13(12)19-20-18-11/h1-5,17H,6H2. The summed E-state index contributed by atoms with van der Waals surface area (Å²) in [5, 5.41) is 4.64. The second kappa shape index (κ2) is 5.85. The van der Waals surface area contributed by atoms with Crippen molar-refractivity contribution in [2.24, 2.45) is 0 Å². The Labute approximate surface area is 138 Å². The van der Waals surface area contributed by atoms with Crippen LogP contribution in [0.3, 0.4) is 0 Å². The van der Waals surface area contributed by atoms with Crippen LogP contribution in [0.2, 0.25) is 10.0 Å². The van der Waals surface area contributed by atoms with Crippen LogP contribution < -0.4 is 5.32 Å². The molecule has 0 amide bonds. The lowest BCUT2D eigenvalue weighted by molar-refractivity contribution is 1.14. The van der Waals surface area contributed by atoms with Gasteiger partial charge in [-0.25, -0.2) is 0 Å². The molecule has 1 aromatic heterocycles. The van der Waals surface area contributed by atoms with E-state index in [1.165, 1.54) is 11.7 Å². The summed E-state index contributed by atoms with van der Waals surface area (Å²) in [6.07, 6.45) is 0. The van der Waals surface area contributed by atoms with Crippen molar-refractivity contribution in [3.05, 3.63) is 50.4 Å². The molecule has 3 aromatic rings. The summed E-state index contributed by atoms with van der Waals surface area (Å²) in [5.74, 6) is 0. The lowest BCUT2D eigenvalue weighted by atomic mass is 10.2. The largest absolute Gasteiger partial charge is 0.378 e. The van der Waals surface area contributed by atoms with Crippen molar-refractivity contribution in [2.45, 2.75) is 6.54 Å². The van der Waals surface area contributed by atoms with E-state index in [9.17, 15) is 0 Å². The van der Waals surface area contributed by atoms with Gasteiger partial charge in [0.1, 0.15) is 11.0 Å². The second-order valence-electron chi connectivity index (χ2n) is 4.14. The van der Waals surface area contributed by atoms with E-state index in [0.29, 0.717) is 16.6 Å². The van der Waals surface area contributed by atoms with Crippen LogP contribution in [0.25, 0.3) is 11.0 Å². The number of halogens is 3. The first kappa shape index (κ1) is 14.1. The Hall–Kier alpha value is -0.880. The topological polar surface area (TPSA) is 37.8 Å². The minimum Gasteiger partial charge on any atom is -0.378 e. The predicted octanol–water partition coefficient (Wildman–Crippen LogP) is 5.37. The van der Waals surface area contributed by atoms with E-state index in [2.05, 4.69) is 30.0 Å². The molecule has 2 aromatic carbocycles. The molecule has 102 valence electrons. The van der Waals surface area contributed by atoms with Gasteiger partial charge in [-0.3, -0.25) is 0 Å². The smallest absolute Gasteiger partial charge is 0.129 e. The first-order valence-corrected chi connectivity index (χ1v) is 8.01. The van der Waals surface area contributed by atoms with Gasteiger partial charge < -0.3 is 5.32 Å². The number of hydrogen-bond donors (Lipinski definition) is 1. The lowest BCUT2D eigenvalue weighted by Gasteiger charge is -2.10. The molecule has 7 heteroatoms. The maximum Gasteiger partial charge on any atom is 0.129 e. The Kier molecular flexibility index (Phi) is 4.12. The molecule has 0 spiro atoms. The third kappa shape index (κ3) is 2.76. The molecule has 0 saturated carbocycles. The maximum absolute atomic E-state index is 6.23. The van der Waals surface area contributed by atoms with Gasteiger partial charge in [0.15, 0.2) is 0 Å². The molecule has 1 N–H and O–H groups in total. The van der Waals surface area contributed by atoms with Crippen LogP contribution in [-0.2, 0) is 6.54 Å². The zero-order valence-corrected chi connectivity index (χ0v) is 13.9. The fourth-order valence-electron chi connectivity index (χ4n) is 1.86. The normalized spacial score (nSPS) is 10.9. The van der Waals surface area contributed by atoms with E-state index in [0.717, 1.165) is 26.8 Å². The number of benzene rings is 2. The summed E-state index contributed by atoms with van der Waals surface area (Å²) in [6.45, 7) is 0.595.